The molecule has 1 heterocycles. The number of nitrogens with one attached hydrogen (secondary N) is 3. The Hall–Kier alpha value is -3.19. The molecule has 0 bridgehead atoms. The number of hydrazone groups is 1. The average molecular weight is 437 g/mol. The van der Waals surface area contributed by atoms with Gasteiger partial charge in [0.05, 0.1) is 6.21 Å². The highest BCUT2D eigenvalue weighted by atomic mass is 16.5. The highest BCUT2D eigenvalue weighted by Gasteiger charge is 2.38. The zero-order chi connectivity index (χ0) is 23.2. The van der Waals surface area contributed by atoms with Crippen LogP contribution in [0.5, 0.6) is 5.75 Å². The topological polar surface area (TPSA) is 91.8 Å². The van der Waals surface area contributed by atoms with E-state index in [0.29, 0.717) is 6.61 Å². The standard InChI is InChI=1S/C25H32N4O3/c1-24(2)14-20(15-25(3,4)29-24)27-22(30)23(31)28-26-16-18-10-12-21(13-11-18)32-17-19-8-6-5-7-9-19/h5-13,16,20,29H,14-15,17H2,1-4H3,(H,27,30)(H,28,31)/b26-16-. The van der Waals surface area contributed by atoms with E-state index < -0.39 is 11.8 Å². The highest BCUT2D eigenvalue weighted by molar-refractivity contribution is 6.35. The van der Waals surface area contributed by atoms with Gasteiger partial charge in [-0.1, -0.05) is 30.3 Å². The van der Waals surface area contributed by atoms with E-state index in [2.05, 4.69) is 48.9 Å². The van der Waals surface area contributed by atoms with Crippen LogP contribution in [0.3, 0.4) is 0 Å². The quantitative estimate of drug-likeness (QED) is 0.369. The summed E-state index contributed by atoms with van der Waals surface area (Å²) in [4.78, 5) is 24.4. The molecule has 2 aromatic carbocycles. The summed E-state index contributed by atoms with van der Waals surface area (Å²) in [5.41, 5.74) is 3.93. The van der Waals surface area contributed by atoms with Crippen LogP contribution in [0.1, 0.15) is 51.7 Å². The molecule has 0 radical (unpaired) electrons. The molecule has 0 unspecified atom stereocenters. The molecule has 3 rings (SSSR count). The smallest absolute Gasteiger partial charge is 0.329 e. The summed E-state index contributed by atoms with van der Waals surface area (Å²) in [6, 6.07) is 17.2. The molecular weight excluding hydrogens is 404 g/mol. The predicted molar refractivity (Wildman–Crippen MR) is 125 cm³/mol. The van der Waals surface area contributed by atoms with Crippen LogP contribution in [0.15, 0.2) is 59.7 Å². The number of benzene rings is 2. The molecule has 1 saturated heterocycles. The Kier molecular flexibility index (Phi) is 7.30. The Labute approximate surface area is 189 Å². The van der Waals surface area contributed by atoms with Gasteiger partial charge in [-0.3, -0.25) is 9.59 Å². The van der Waals surface area contributed by atoms with Crippen molar-refractivity contribution in [3.63, 3.8) is 0 Å². The van der Waals surface area contributed by atoms with Gasteiger partial charge in [0.2, 0.25) is 0 Å². The van der Waals surface area contributed by atoms with Crippen molar-refractivity contribution in [3.05, 3.63) is 65.7 Å². The van der Waals surface area contributed by atoms with Crippen molar-refractivity contribution in [1.82, 2.24) is 16.1 Å². The van der Waals surface area contributed by atoms with E-state index >= 15 is 0 Å². The molecule has 7 nitrogen and oxygen atoms in total. The summed E-state index contributed by atoms with van der Waals surface area (Å²) < 4.78 is 5.75. The van der Waals surface area contributed by atoms with E-state index in [4.69, 9.17) is 4.74 Å². The summed E-state index contributed by atoms with van der Waals surface area (Å²) in [5, 5.41) is 10.3. The van der Waals surface area contributed by atoms with E-state index in [0.717, 1.165) is 29.7 Å². The summed E-state index contributed by atoms with van der Waals surface area (Å²) in [6.45, 7) is 8.86. The van der Waals surface area contributed by atoms with Crippen LogP contribution in [-0.4, -0.2) is 35.1 Å². The molecule has 2 aromatic rings. The molecule has 2 amide bonds. The maximum Gasteiger partial charge on any atom is 0.329 e. The Bertz CT molecular complexity index is 937. The van der Waals surface area contributed by atoms with Gasteiger partial charge in [0.1, 0.15) is 12.4 Å². The van der Waals surface area contributed by atoms with Crippen molar-refractivity contribution in [3.8, 4) is 5.75 Å². The number of piperidine rings is 1. The number of amides is 2. The molecule has 7 heteroatoms. The Morgan fingerprint density at radius 2 is 1.62 bits per heavy atom. The highest BCUT2D eigenvalue weighted by Crippen LogP contribution is 2.28. The summed E-state index contributed by atoms with van der Waals surface area (Å²) in [7, 11) is 0. The number of ether oxygens (including phenoxy) is 1. The fourth-order valence-electron chi connectivity index (χ4n) is 4.28. The minimum Gasteiger partial charge on any atom is -0.489 e. The maximum absolute atomic E-state index is 12.3. The lowest BCUT2D eigenvalue weighted by Crippen LogP contribution is -2.62. The van der Waals surface area contributed by atoms with Gasteiger partial charge in [-0.2, -0.15) is 5.10 Å². The molecular formula is C25H32N4O3. The van der Waals surface area contributed by atoms with E-state index in [1.54, 1.807) is 0 Å². The van der Waals surface area contributed by atoms with Crippen LogP contribution in [0.4, 0.5) is 0 Å². The van der Waals surface area contributed by atoms with Crippen molar-refractivity contribution < 1.29 is 14.3 Å². The van der Waals surface area contributed by atoms with Crippen LogP contribution in [-0.2, 0) is 16.2 Å². The predicted octanol–water partition coefficient (Wildman–Crippen LogP) is 3.14. The number of nitrogens with zero attached hydrogens (tertiary/aromatic N) is 1. The monoisotopic (exact) mass is 436 g/mol. The van der Waals surface area contributed by atoms with Gasteiger partial charge in [-0.15, -0.1) is 0 Å². The number of carbonyl (C=O) groups excluding carboxylic acids is 2. The first kappa shape index (κ1) is 23.5. The van der Waals surface area contributed by atoms with Crippen LogP contribution in [0.2, 0.25) is 0 Å². The van der Waals surface area contributed by atoms with E-state index in [-0.39, 0.29) is 17.1 Å². The maximum atomic E-state index is 12.3. The number of hydrogen-bond donors (Lipinski definition) is 3. The van der Waals surface area contributed by atoms with Crippen LogP contribution in [0.25, 0.3) is 0 Å². The molecule has 3 N–H and O–H groups in total. The third-order valence-corrected chi connectivity index (χ3v) is 5.24. The van der Waals surface area contributed by atoms with Crippen LogP contribution in [0, 0.1) is 0 Å². The van der Waals surface area contributed by atoms with Gasteiger partial charge in [0.25, 0.3) is 0 Å². The zero-order valence-corrected chi connectivity index (χ0v) is 19.1. The van der Waals surface area contributed by atoms with Crippen molar-refractivity contribution in [2.24, 2.45) is 5.10 Å². The largest absolute Gasteiger partial charge is 0.489 e. The van der Waals surface area contributed by atoms with E-state index in [1.807, 2.05) is 54.6 Å². The zero-order valence-electron chi connectivity index (χ0n) is 19.1. The third-order valence-electron chi connectivity index (χ3n) is 5.24. The second-order valence-corrected chi connectivity index (χ2v) is 9.51. The first-order chi connectivity index (χ1) is 15.1. The van der Waals surface area contributed by atoms with Gasteiger partial charge in [0.15, 0.2) is 0 Å². The van der Waals surface area contributed by atoms with Gasteiger partial charge in [-0.25, -0.2) is 5.43 Å². The van der Waals surface area contributed by atoms with Crippen LogP contribution < -0.4 is 20.8 Å². The molecule has 0 atom stereocenters. The van der Waals surface area contributed by atoms with E-state index in [9.17, 15) is 9.59 Å². The Balaban J connectivity index is 1.45. The lowest BCUT2D eigenvalue weighted by Gasteiger charge is -2.46. The van der Waals surface area contributed by atoms with Crippen molar-refractivity contribution >= 4 is 18.0 Å². The molecule has 32 heavy (non-hydrogen) atoms. The Morgan fingerprint density at radius 3 is 2.25 bits per heavy atom. The molecule has 1 aliphatic rings. The summed E-state index contributed by atoms with van der Waals surface area (Å²) in [5.74, 6) is -0.717. The molecule has 1 aliphatic heterocycles. The first-order valence-corrected chi connectivity index (χ1v) is 10.8. The van der Waals surface area contributed by atoms with Gasteiger partial charge in [0, 0.05) is 17.1 Å². The second kappa shape index (κ2) is 9.96. The molecule has 0 aromatic heterocycles. The number of rotatable bonds is 6. The fraction of sp³-hybridized carbons (Fsp3) is 0.400. The molecule has 0 aliphatic carbocycles. The minimum atomic E-state index is -0.779. The average Bonchev–Trinajstić information content (AvgIpc) is 2.71. The summed E-state index contributed by atoms with van der Waals surface area (Å²) >= 11 is 0. The fourth-order valence-corrected chi connectivity index (χ4v) is 4.28. The van der Waals surface area contributed by atoms with Crippen molar-refractivity contribution in [2.75, 3.05) is 0 Å². The van der Waals surface area contributed by atoms with Crippen molar-refractivity contribution in [2.45, 2.75) is 64.3 Å². The normalized spacial score (nSPS) is 17.6. The molecule has 1 fully saturated rings. The number of hydrogen-bond acceptors (Lipinski definition) is 5. The first-order valence-electron chi connectivity index (χ1n) is 10.8. The lowest BCUT2D eigenvalue weighted by molar-refractivity contribution is -0.140. The molecule has 0 spiro atoms. The van der Waals surface area contributed by atoms with Gasteiger partial charge < -0.3 is 15.4 Å². The van der Waals surface area contributed by atoms with E-state index in [1.165, 1.54) is 6.21 Å². The van der Waals surface area contributed by atoms with Crippen LogP contribution >= 0.6 is 0 Å². The van der Waals surface area contributed by atoms with Gasteiger partial charge in [-0.05, 0) is 75.9 Å². The minimum absolute atomic E-state index is 0.0769. The third kappa shape index (κ3) is 7.20. The SMILES string of the molecule is CC1(C)CC(NC(=O)C(=O)N/N=C\c2ccc(OCc3ccccc3)cc2)CC(C)(C)N1. The molecule has 0 saturated carbocycles. The summed E-state index contributed by atoms with van der Waals surface area (Å²) in [6.07, 6.45) is 2.98. The van der Waals surface area contributed by atoms with Crippen molar-refractivity contribution in [1.29, 1.82) is 0 Å². The number of carbonyl (C=O) groups is 2. The lowest BCUT2D eigenvalue weighted by atomic mass is 9.79. The molecule has 170 valence electrons. The second-order valence-electron chi connectivity index (χ2n) is 9.51. The van der Waals surface area contributed by atoms with Gasteiger partial charge >= 0.3 is 11.8 Å². The Morgan fingerprint density at radius 1 is 1.00 bits per heavy atom.